The fourth-order valence-electron chi connectivity index (χ4n) is 2.55. The molecule has 0 saturated heterocycles. The van der Waals surface area contributed by atoms with E-state index < -0.39 is 11.6 Å². The molecule has 1 aromatic carbocycles. The molecule has 0 unspecified atom stereocenters. The van der Waals surface area contributed by atoms with Crippen LogP contribution in [0, 0.1) is 11.6 Å². The van der Waals surface area contributed by atoms with Gasteiger partial charge in [0.15, 0.2) is 0 Å². The Morgan fingerprint density at radius 2 is 1.72 bits per heavy atom. The zero-order valence-corrected chi connectivity index (χ0v) is 13.7. The van der Waals surface area contributed by atoms with Crippen molar-refractivity contribution in [2.75, 3.05) is 5.73 Å². The maximum absolute atomic E-state index is 13.6. The van der Waals surface area contributed by atoms with E-state index in [1.54, 1.807) is 16.8 Å². The fourth-order valence-corrected chi connectivity index (χ4v) is 2.55. The first-order valence-corrected chi connectivity index (χ1v) is 7.66. The van der Waals surface area contributed by atoms with E-state index in [2.05, 4.69) is 9.97 Å². The lowest BCUT2D eigenvalue weighted by atomic mass is 10.0. The Hall–Kier alpha value is -3.09. The van der Waals surface area contributed by atoms with Gasteiger partial charge >= 0.3 is 0 Å². The molecule has 2 aromatic heterocycles. The molecule has 0 saturated carbocycles. The molecule has 0 amide bonds. The molecule has 0 fully saturated rings. The highest BCUT2D eigenvalue weighted by Gasteiger charge is 2.15. The highest BCUT2D eigenvalue weighted by molar-refractivity contribution is 5.78. The Kier molecular flexibility index (Phi) is 4.31. The molecule has 0 aliphatic carbocycles. The van der Waals surface area contributed by atoms with Crippen LogP contribution in [-0.4, -0.2) is 14.5 Å². The molecule has 0 radical (unpaired) electrons. The van der Waals surface area contributed by atoms with Gasteiger partial charge in [0.1, 0.15) is 17.5 Å². The highest BCUT2D eigenvalue weighted by atomic mass is 19.1. The van der Waals surface area contributed by atoms with E-state index in [-0.39, 0.29) is 28.7 Å². The van der Waals surface area contributed by atoms with E-state index in [9.17, 15) is 13.6 Å². The molecule has 128 valence electrons. The maximum Gasteiger partial charge on any atom is 0.250 e. The van der Waals surface area contributed by atoms with Crippen LogP contribution in [0.5, 0.6) is 0 Å². The van der Waals surface area contributed by atoms with E-state index in [4.69, 9.17) is 5.73 Å². The van der Waals surface area contributed by atoms with Crippen molar-refractivity contribution in [2.24, 2.45) is 0 Å². The number of anilines is 1. The first-order valence-electron chi connectivity index (χ1n) is 7.66. The molecule has 0 aliphatic rings. The van der Waals surface area contributed by atoms with Crippen LogP contribution >= 0.6 is 0 Å². The average Bonchev–Trinajstić information content (AvgIpc) is 2.54. The quantitative estimate of drug-likeness (QED) is 0.791. The van der Waals surface area contributed by atoms with Crippen LogP contribution in [0.2, 0.25) is 0 Å². The Labute approximate surface area is 142 Å². The zero-order chi connectivity index (χ0) is 18.1. The third-order valence-corrected chi connectivity index (χ3v) is 3.70. The summed E-state index contributed by atoms with van der Waals surface area (Å²) in [5, 5.41) is 0. The molecule has 2 N–H and O–H groups in total. The van der Waals surface area contributed by atoms with E-state index >= 15 is 0 Å². The fraction of sp³-hybridized carbons (Fsp3) is 0.167. The Bertz CT molecular complexity index is 978. The standard InChI is InChI=1S/C18H16F2N4O/c1-10(2)24-9-11(3-4-16(24)25)17-18(23-15(21)8-22-17)12-5-13(19)7-14(20)6-12/h3-10H,1-2H3,(H2,21,23). The Morgan fingerprint density at radius 3 is 2.36 bits per heavy atom. The van der Waals surface area contributed by atoms with Crippen LogP contribution in [0.15, 0.2) is 47.5 Å². The Morgan fingerprint density at radius 1 is 1.04 bits per heavy atom. The summed E-state index contributed by atoms with van der Waals surface area (Å²) in [6.45, 7) is 3.76. The third kappa shape index (κ3) is 3.40. The van der Waals surface area contributed by atoms with Gasteiger partial charge in [0.25, 0.3) is 5.56 Å². The lowest BCUT2D eigenvalue weighted by molar-refractivity contribution is 0.579. The monoisotopic (exact) mass is 342 g/mol. The Balaban J connectivity index is 2.25. The van der Waals surface area contributed by atoms with Crippen LogP contribution in [0.1, 0.15) is 19.9 Å². The van der Waals surface area contributed by atoms with Gasteiger partial charge < -0.3 is 10.3 Å². The van der Waals surface area contributed by atoms with Crippen molar-refractivity contribution in [3.05, 3.63) is 64.7 Å². The van der Waals surface area contributed by atoms with E-state index in [0.717, 1.165) is 18.2 Å². The molecule has 3 rings (SSSR count). The maximum atomic E-state index is 13.6. The SMILES string of the molecule is CC(C)n1cc(-c2ncc(N)nc2-c2cc(F)cc(F)c2)ccc1=O. The number of nitrogen functional groups attached to an aromatic ring is 1. The third-order valence-electron chi connectivity index (χ3n) is 3.70. The molecular formula is C18H16F2N4O. The molecule has 25 heavy (non-hydrogen) atoms. The minimum absolute atomic E-state index is 0.0516. The second kappa shape index (κ2) is 6.43. The summed E-state index contributed by atoms with van der Waals surface area (Å²) in [6.07, 6.45) is 3.01. The van der Waals surface area contributed by atoms with Crippen molar-refractivity contribution in [1.82, 2.24) is 14.5 Å². The van der Waals surface area contributed by atoms with Crippen molar-refractivity contribution in [3.8, 4) is 22.5 Å². The smallest absolute Gasteiger partial charge is 0.250 e. The summed E-state index contributed by atoms with van der Waals surface area (Å²) in [4.78, 5) is 20.4. The van der Waals surface area contributed by atoms with E-state index in [1.165, 1.54) is 12.3 Å². The molecule has 5 nitrogen and oxygen atoms in total. The van der Waals surface area contributed by atoms with Crippen molar-refractivity contribution in [2.45, 2.75) is 19.9 Å². The number of rotatable bonds is 3. The topological polar surface area (TPSA) is 73.8 Å². The summed E-state index contributed by atoms with van der Waals surface area (Å²) >= 11 is 0. The van der Waals surface area contributed by atoms with Gasteiger partial charge in [-0.25, -0.2) is 13.8 Å². The molecule has 2 heterocycles. The van der Waals surface area contributed by atoms with Crippen LogP contribution in [0.4, 0.5) is 14.6 Å². The molecule has 0 bridgehead atoms. The lowest BCUT2D eigenvalue weighted by Gasteiger charge is -2.13. The second-order valence-electron chi connectivity index (χ2n) is 5.91. The summed E-state index contributed by atoms with van der Waals surface area (Å²) in [5.74, 6) is -1.32. The minimum atomic E-state index is -0.725. The van der Waals surface area contributed by atoms with Gasteiger partial charge in [-0.15, -0.1) is 0 Å². The normalized spacial score (nSPS) is 11.1. The van der Waals surface area contributed by atoms with Gasteiger partial charge in [-0.1, -0.05) is 0 Å². The number of pyridine rings is 1. The predicted molar refractivity (Wildman–Crippen MR) is 91.9 cm³/mol. The number of nitrogens with two attached hydrogens (primary N) is 1. The number of hydrogen-bond donors (Lipinski definition) is 1. The first kappa shape index (κ1) is 16.8. The van der Waals surface area contributed by atoms with Gasteiger partial charge in [0.05, 0.1) is 17.6 Å². The number of nitrogens with zero attached hydrogens (tertiary/aromatic N) is 3. The molecule has 7 heteroatoms. The molecule has 0 atom stereocenters. The number of aromatic nitrogens is 3. The van der Waals surface area contributed by atoms with E-state index in [0.29, 0.717) is 11.3 Å². The van der Waals surface area contributed by atoms with Crippen molar-refractivity contribution in [3.63, 3.8) is 0 Å². The summed E-state index contributed by atoms with van der Waals surface area (Å²) in [5.41, 5.74) is 6.99. The summed E-state index contributed by atoms with van der Waals surface area (Å²) in [6, 6.07) is 6.07. The van der Waals surface area contributed by atoms with Crippen molar-refractivity contribution >= 4 is 5.82 Å². The van der Waals surface area contributed by atoms with Crippen LogP contribution in [0.3, 0.4) is 0 Å². The molecular weight excluding hydrogens is 326 g/mol. The van der Waals surface area contributed by atoms with Gasteiger partial charge in [-0.2, -0.15) is 0 Å². The van der Waals surface area contributed by atoms with Gasteiger partial charge in [0.2, 0.25) is 0 Å². The van der Waals surface area contributed by atoms with Crippen LogP contribution < -0.4 is 11.3 Å². The summed E-state index contributed by atoms with van der Waals surface area (Å²) in [7, 11) is 0. The molecule has 3 aromatic rings. The second-order valence-corrected chi connectivity index (χ2v) is 5.91. The van der Waals surface area contributed by atoms with Crippen LogP contribution in [-0.2, 0) is 0 Å². The van der Waals surface area contributed by atoms with Crippen LogP contribution in [0.25, 0.3) is 22.5 Å². The van der Waals surface area contributed by atoms with Crippen molar-refractivity contribution in [1.29, 1.82) is 0 Å². The largest absolute Gasteiger partial charge is 0.382 e. The zero-order valence-electron chi connectivity index (χ0n) is 13.7. The first-order chi connectivity index (χ1) is 11.8. The lowest BCUT2D eigenvalue weighted by Crippen LogP contribution is -2.20. The average molecular weight is 342 g/mol. The minimum Gasteiger partial charge on any atom is -0.382 e. The predicted octanol–water partition coefficient (Wildman–Crippen LogP) is 3.41. The van der Waals surface area contributed by atoms with Gasteiger partial charge in [-0.3, -0.25) is 9.78 Å². The number of halogens is 2. The highest BCUT2D eigenvalue weighted by Crippen LogP contribution is 2.30. The van der Waals surface area contributed by atoms with Gasteiger partial charge in [-0.05, 0) is 32.0 Å². The van der Waals surface area contributed by atoms with Crippen molar-refractivity contribution < 1.29 is 8.78 Å². The molecule has 0 aliphatic heterocycles. The van der Waals surface area contributed by atoms with Gasteiger partial charge in [0, 0.05) is 35.5 Å². The van der Waals surface area contributed by atoms with E-state index in [1.807, 2.05) is 13.8 Å². The number of hydrogen-bond acceptors (Lipinski definition) is 4. The molecule has 0 spiro atoms. The number of benzene rings is 1. The summed E-state index contributed by atoms with van der Waals surface area (Å²) < 4.78 is 28.8.